The number of hydrogen-bond donors (Lipinski definition) is 2. The van der Waals surface area contributed by atoms with E-state index < -0.39 is 11.1 Å². The van der Waals surface area contributed by atoms with E-state index in [2.05, 4.69) is 39.8 Å². The van der Waals surface area contributed by atoms with E-state index in [1.807, 2.05) is 6.07 Å². The fraction of sp³-hybridized carbons (Fsp3) is 0.476. The van der Waals surface area contributed by atoms with Crippen molar-refractivity contribution in [2.45, 2.75) is 43.9 Å². The quantitative estimate of drug-likeness (QED) is 0.717. The van der Waals surface area contributed by atoms with Gasteiger partial charge in [0.2, 0.25) is 5.91 Å². The van der Waals surface area contributed by atoms with Gasteiger partial charge in [0.1, 0.15) is 0 Å². The molecular weight excluding hydrogens is 390 g/mol. The Morgan fingerprint density at radius 1 is 1.24 bits per heavy atom. The molecule has 0 aromatic heterocycles. The van der Waals surface area contributed by atoms with Gasteiger partial charge in [-0.3, -0.25) is 24.6 Å². The number of amides is 3. The number of thioether (sulfide) groups is 1. The van der Waals surface area contributed by atoms with Gasteiger partial charge < -0.3 is 10.1 Å². The zero-order chi connectivity index (χ0) is 20.3. The van der Waals surface area contributed by atoms with Gasteiger partial charge in [-0.25, -0.2) is 0 Å². The maximum Gasteiger partial charge on any atom is 0.290 e. The van der Waals surface area contributed by atoms with Gasteiger partial charge in [-0.2, -0.15) is 0 Å². The van der Waals surface area contributed by atoms with Crippen molar-refractivity contribution in [2.24, 2.45) is 0 Å². The number of ether oxygens (including phenoxy) is 1. The molecule has 7 nitrogen and oxygen atoms in total. The summed E-state index contributed by atoms with van der Waals surface area (Å²) in [6, 6.07) is 10.5. The Morgan fingerprint density at radius 2 is 2.00 bits per heavy atom. The predicted molar refractivity (Wildman–Crippen MR) is 110 cm³/mol. The molecule has 0 saturated carbocycles. The van der Waals surface area contributed by atoms with Crippen LogP contribution in [0.5, 0.6) is 0 Å². The third-order valence-electron chi connectivity index (χ3n) is 5.76. The standard InChI is InChI=1S/C21H25N3O4S/c25-18(12-17-19(26)23-20(27)29-17)22-13-16-6-7-21(28-16)8-10-24(11-9-21)14-15-4-2-1-3-5-15/h1-5,12,16H,6-11,13-14H2,(H,22,25)(H,23,26,27). The minimum Gasteiger partial charge on any atom is -0.370 e. The zero-order valence-electron chi connectivity index (χ0n) is 16.2. The highest BCUT2D eigenvalue weighted by Crippen LogP contribution is 2.39. The van der Waals surface area contributed by atoms with Gasteiger partial charge in [0.25, 0.3) is 11.1 Å². The molecule has 1 unspecified atom stereocenters. The van der Waals surface area contributed by atoms with Crippen LogP contribution in [0.25, 0.3) is 0 Å². The summed E-state index contributed by atoms with van der Waals surface area (Å²) >= 11 is 0.743. The number of rotatable bonds is 5. The molecule has 1 aromatic rings. The van der Waals surface area contributed by atoms with Crippen LogP contribution in [-0.2, 0) is 20.9 Å². The molecule has 3 amide bonds. The number of nitrogens with zero attached hydrogens (tertiary/aromatic N) is 1. The van der Waals surface area contributed by atoms with Gasteiger partial charge >= 0.3 is 0 Å². The van der Waals surface area contributed by atoms with E-state index in [-0.39, 0.29) is 22.5 Å². The topological polar surface area (TPSA) is 87.7 Å². The van der Waals surface area contributed by atoms with Gasteiger partial charge in [-0.05, 0) is 43.0 Å². The van der Waals surface area contributed by atoms with Crippen LogP contribution in [0.2, 0.25) is 0 Å². The monoisotopic (exact) mass is 415 g/mol. The number of imide groups is 1. The Labute approximate surface area is 174 Å². The molecule has 0 aliphatic carbocycles. The van der Waals surface area contributed by atoms with Crippen LogP contribution >= 0.6 is 11.8 Å². The van der Waals surface area contributed by atoms with E-state index in [0.717, 1.165) is 57.1 Å². The van der Waals surface area contributed by atoms with Crippen molar-refractivity contribution >= 4 is 28.8 Å². The molecule has 1 atom stereocenters. The van der Waals surface area contributed by atoms with Crippen molar-refractivity contribution < 1.29 is 19.1 Å². The average molecular weight is 416 g/mol. The molecule has 1 aromatic carbocycles. The summed E-state index contributed by atoms with van der Waals surface area (Å²) in [5.74, 6) is -0.895. The highest BCUT2D eigenvalue weighted by Gasteiger charge is 2.42. The maximum atomic E-state index is 12.0. The van der Waals surface area contributed by atoms with Gasteiger partial charge in [-0.15, -0.1) is 0 Å². The minimum absolute atomic E-state index is 0.00953. The number of carbonyl (C=O) groups excluding carboxylic acids is 3. The molecule has 29 heavy (non-hydrogen) atoms. The summed E-state index contributed by atoms with van der Waals surface area (Å²) in [5.41, 5.74) is 1.26. The number of carbonyl (C=O) groups is 3. The van der Waals surface area contributed by atoms with Crippen molar-refractivity contribution in [3.05, 3.63) is 46.9 Å². The fourth-order valence-electron chi connectivity index (χ4n) is 4.17. The number of benzene rings is 1. The maximum absolute atomic E-state index is 12.0. The molecule has 1 spiro atoms. The smallest absolute Gasteiger partial charge is 0.290 e. The van der Waals surface area contributed by atoms with Crippen molar-refractivity contribution in [1.29, 1.82) is 0 Å². The van der Waals surface area contributed by atoms with Crippen LogP contribution in [0.4, 0.5) is 4.79 Å². The Morgan fingerprint density at radius 3 is 2.69 bits per heavy atom. The molecule has 0 bridgehead atoms. The van der Waals surface area contributed by atoms with E-state index in [1.165, 1.54) is 11.6 Å². The number of hydrogen-bond acceptors (Lipinski definition) is 6. The van der Waals surface area contributed by atoms with Gasteiger partial charge in [-0.1, -0.05) is 30.3 Å². The van der Waals surface area contributed by atoms with Crippen LogP contribution in [0.1, 0.15) is 31.2 Å². The number of piperidine rings is 1. The third-order valence-corrected chi connectivity index (χ3v) is 6.57. The minimum atomic E-state index is -0.520. The summed E-state index contributed by atoms with van der Waals surface area (Å²) < 4.78 is 6.35. The second-order valence-corrected chi connectivity index (χ2v) is 8.84. The molecule has 3 saturated heterocycles. The van der Waals surface area contributed by atoms with Crippen LogP contribution < -0.4 is 10.6 Å². The van der Waals surface area contributed by atoms with Gasteiger partial charge in [0.05, 0.1) is 16.6 Å². The van der Waals surface area contributed by atoms with E-state index in [1.54, 1.807) is 0 Å². The summed E-state index contributed by atoms with van der Waals surface area (Å²) in [5, 5.41) is 4.48. The lowest BCUT2D eigenvalue weighted by atomic mass is 9.88. The van der Waals surface area contributed by atoms with Crippen LogP contribution in [-0.4, -0.2) is 53.3 Å². The van der Waals surface area contributed by atoms with Gasteiger partial charge in [0.15, 0.2) is 0 Å². The normalized spacial score (nSPS) is 25.5. The first-order chi connectivity index (χ1) is 14.0. The first-order valence-electron chi connectivity index (χ1n) is 9.98. The SMILES string of the molecule is O=C(C=C1SC(=O)NC1=O)NCC1CCC2(CCN(Cc3ccccc3)CC2)O1. The van der Waals surface area contributed by atoms with Crippen molar-refractivity contribution in [1.82, 2.24) is 15.5 Å². The van der Waals surface area contributed by atoms with E-state index in [4.69, 9.17) is 4.74 Å². The molecule has 3 heterocycles. The fourth-order valence-corrected chi connectivity index (χ4v) is 4.83. The lowest BCUT2D eigenvalue weighted by molar-refractivity contribution is -0.119. The van der Waals surface area contributed by atoms with Crippen molar-refractivity contribution in [3.8, 4) is 0 Å². The van der Waals surface area contributed by atoms with Crippen LogP contribution in [0.3, 0.4) is 0 Å². The molecule has 8 heteroatoms. The van der Waals surface area contributed by atoms with Crippen LogP contribution in [0.15, 0.2) is 41.3 Å². The molecule has 3 aliphatic rings. The Balaban J connectivity index is 1.21. The molecule has 154 valence electrons. The van der Waals surface area contributed by atoms with E-state index in [0.29, 0.717) is 6.54 Å². The second-order valence-electron chi connectivity index (χ2n) is 7.82. The Bertz CT molecular complexity index is 818. The van der Waals surface area contributed by atoms with Crippen molar-refractivity contribution in [3.63, 3.8) is 0 Å². The summed E-state index contributed by atoms with van der Waals surface area (Å²) in [4.78, 5) is 37.3. The lowest BCUT2D eigenvalue weighted by Gasteiger charge is -2.39. The zero-order valence-corrected chi connectivity index (χ0v) is 17.0. The van der Waals surface area contributed by atoms with Crippen molar-refractivity contribution in [2.75, 3.05) is 19.6 Å². The van der Waals surface area contributed by atoms with Gasteiger partial charge in [0, 0.05) is 32.3 Å². The van der Waals surface area contributed by atoms with E-state index >= 15 is 0 Å². The molecule has 4 rings (SSSR count). The first-order valence-corrected chi connectivity index (χ1v) is 10.8. The molecule has 3 aliphatic heterocycles. The highest BCUT2D eigenvalue weighted by molar-refractivity contribution is 8.18. The molecule has 0 radical (unpaired) electrons. The average Bonchev–Trinajstić information content (AvgIpc) is 3.25. The molecular formula is C21H25N3O4S. The summed E-state index contributed by atoms with van der Waals surface area (Å²) in [7, 11) is 0. The molecule has 3 fully saturated rings. The molecule has 2 N–H and O–H groups in total. The second kappa shape index (κ2) is 8.69. The van der Waals surface area contributed by atoms with E-state index in [9.17, 15) is 14.4 Å². The lowest BCUT2D eigenvalue weighted by Crippen LogP contribution is -2.44. The first kappa shape index (κ1) is 20.1. The highest BCUT2D eigenvalue weighted by atomic mass is 32.2. The number of nitrogens with one attached hydrogen (secondary N) is 2. The van der Waals surface area contributed by atoms with Crippen LogP contribution in [0, 0.1) is 0 Å². The predicted octanol–water partition coefficient (Wildman–Crippen LogP) is 2.18. The number of likely N-dealkylation sites (tertiary alicyclic amines) is 1. The Kier molecular flexibility index (Phi) is 6.03. The third kappa shape index (κ3) is 5.07. The summed E-state index contributed by atoms with van der Waals surface area (Å²) in [6.07, 6.45) is 5.12. The Hall–Kier alpha value is -2.16. The largest absolute Gasteiger partial charge is 0.370 e. The summed E-state index contributed by atoms with van der Waals surface area (Å²) in [6.45, 7) is 3.42.